The molecule has 0 aliphatic carbocycles. The molecule has 1 fully saturated rings. The van der Waals surface area contributed by atoms with Gasteiger partial charge in [0, 0.05) is 13.1 Å². The first-order valence-corrected chi connectivity index (χ1v) is 8.13. The molecule has 6 nitrogen and oxygen atoms in total. The fourth-order valence-electron chi connectivity index (χ4n) is 2.16. The van der Waals surface area contributed by atoms with E-state index < -0.39 is 5.60 Å². The van der Waals surface area contributed by atoms with Gasteiger partial charge < -0.3 is 9.64 Å². The minimum Gasteiger partial charge on any atom is -0.444 e. The molecule has 2 rings (SSSR count). The third-order valence-electron chi connectivity index (χ3n) is 3.08. The van der Waals surface area contributed by atoms with Crippen molar-refractivity contribution >= 4 is 38.0 Å². The molecule has 0 radical (unpaired) electrons. The standard InChI is InChI=1S/C13H16Br2N4O2/c1-13(2,3)21-12(20)18-5-4-8(7-18)19-11(15)9(6-16)10(14)17-19/h8H,4-5,7H2,1-3H3/t8-/m0/s1. The Balaban J connectivity index is 2.10. The molecule has 1 aliphatic rings. The van der Waals surface area contributed by atoms with Gasteiger partial charge in [0.1, 0.15) is 26.4 Å². The molecule has 1 aromatic rings. The molecule has 114 valence electrons. The van der Waals surface area contributed by atoms with E-state index in [1.807, 2.05) is 20.8 Å². The lowest BCUT2D eigenvalue weighted by Crippen LogP contribution is -2.35. The summed E-state index contributed by atoms with van der Waals surface area (Å²) in [7, 11) is 0. The van der Waals surface area contributed by atoms with Crippen molar-refractivity contribution in [3.05, 3.63) is 14.8 Å². The van der Waals surface area contributed by atoms with Crippen molar-refractivity contribution in [2.24, 2.45) is 0 Å². The number of ether oxygens (including phenoxy) is 1. The lowest BCUT2D eigenvalue weighted by molar-refractivity contribution is 0.0288. The average molecular weight is 420 g/mol. The number of nitriles is 1. The highest BCUT2D eigenvalue weighted by Gasteiger charge is 2.32. The van der Waals surface area contributed by atoms with Crippen LogP contribution < -0.4 is 0 Å². The Bertz CT molecular complexity index is 601. The van der Waals surface area contributed by atoms with Crippen molar-refractivity contribution in [1.82, 2.24) is 14.7 Å². The van der Waals surface area contributed by atoms with E-state index in [0.29, 0.717) is 27.9 Å². The molecule has 2 heterocycles. The predicted octanol–water partition coefficient (Wildman–Crippen LogP) is 3.46. The number of rotatable bonds is 1. The summed E-state index contributed by atoms with van der Waals surface area (Å²) in [5.74, 6) is 0. The van der Waals surface area contributed by atoms with Gasteiger partial charge in [-0.25, -0.2) is 4.79 Å². The summed E-state index contributed by atoms with van der Waals surface area (Å²) in [5.41, 5.74) is -0.0379. The third-order valence-corrected chi connectivity index (χ3v) is 4.40. The molecule has 0 unspecified atom stereocenters. The SMILES string of the molecule is CC(C)(C)OC(=O)N1CC[C@H](n2nc(Br)c(C#N)c2Br)C1. The van der Waals surface area contributed by atoms with Crippen LogP contribution in [0.25, 0.3) is 0 Å². The second-order valence-electron chi connectivity index (χ2n) is 5.88. The van der Waals surface area contributed by atoms with Gasteiger partial charge in [-0.1, -0.05) is 0 Å². The van der Waals surface area contributed by atoms with Gasteiger partial charge >= 0.3 is 6.09 Å². The van der Waals surface area contributed by atoms with Crippen LogP contribution in [-0.2, 0) is 4.74 Å². The number of likely N-dealkylation sites (tertiary alicyclic amines) is 1. The van der Waals surface area contributed by atoms with Gasteiger partial charge in [-0.05, 0) is 59.1 Å². The number of nitrogens with zero attached hydrogens (tertiary/aromatic N) is 4. The highest BCUT2D eigenvalue weighted by Crippen LogP contribution is 2.31. The molecule has 0 spiro atoms. The van der Waals surface area contributed by atoms with Crippen LogP contribution in [0.2, 0.25) is 0 Å². The van der Waals surface area contributed by atoms with Crippen LogP contribution >= 0.6 is 31.9 Å². The maximum absolute atomic E-state index is 12.1. The van der Waals surface area contributed by atoms with Crippen molar-refractivity contribution in [3.63, 3.8) is 0 Å². The quantitative estimate of drug-likeness (QED) is 0.698. The molecule has 8 heteroatoms. The zero-order valence-corrected chi connectivity index (χ0v) is 15.2. The van der Waals surface area contributed by atoms with E-state index in [1.54, 1.807) is 9.58 Å². The zero-order valence-electron chi connectivity index (χ0n) is 12.1. The number of carbonyl (C=O) groups excluding carboxylic acids is 1. The fraction of sp³-hybridized carbons (Fsp3) is 0.615. The largest absolute Gasteiger partial charge is 0.444 e. The van der Waals surface area contributed by atoms with Crippen LogP contribution in [0.15, 0.2) is 9.21 Å². The third kappa shape index (κ3) is 3.58. The van der Waals surface area contributed by atoms with Crippen LogP contribution in [0, 0.1) is 11.3 Å². The molecule has 1 atom stereocenters. The van der Waals surface area contributed by atoms with Crippen molar-refractivity contribution in [2.45, 2.75) is 38.8 Å². The van der Waals surface area contributed by atoms with E-state index in [1.165, 1.54) is 0 Å². The molecule has 0 saturated carbocycles. The molecule has 1 amide bonds. The Labute approximate surface area is 140 Å². The maximum Gasteiger partial charge on any atom is 0.410 e. The summed E-state index contributed by atoms with van der Waals surface area (Å²) in [6.45, 7) is 6.68. The smallest absolute Gasteiger partial charge is 0.410 e. The molecule has 1 aromatic heterocycles. The molecule has 1 saturated heterocycles. The first-order valence-electron chi connectivity index (χ1n) is 6.54. The van der Waals surface area contributed by atoms with E-state index in [9.17, 15) is 4.79 Å². The molecule has 0 bridgehead atoms. The predicted molar refractivity (Wildman–Crippen MR) is 83.8 cm³/mol. The molecule has 21 heavy (non-hydrogen) atoms. The van der Waals surface area contributed by atoms with E-state index >= 15 is 0 Å². The summed E-state index contributed by atoms with van der Waals surface area (Å²) in [5, 5.41) is 13.4. The van der Waals surface area contributed by atoms with Crippen molar-refractivity contribution in [1.29, 1.82) is 5.26 Å². The summed E-state index contributed by atoms with van der Waals surface area (Å²) < 4.78 is 8.25. The Morgan fingerprint density at radius 3 is 2.67 bits per heavy atom. The number of amides is 1. The van der Waals surface area contributed by atoms with E-state index in [-0.39, 0.29) is 12.1 Å². The second-order valence-corrected chi connectivity index (χ2v) is 7.38. The summed E-state index contributed by atoms with van der Waals surface area (Å²) in [4.78, 5) is 13.7. The van der Waals surface area contributed by atoms with Crippen LogP contribution in [0.4, 0.5) is 4.79 Å². The normalized spacial score (nSPS) is 18.7. The van der Waals surface area contributed by atoms with Crippen molar-refractivity contribution in [2.75, 3.05) is 13.1 Å². The molecule has 0 aromatic carbocycles. The topological polar surface area (TPSA) is 71.2 Å². The monoisotopic (exact) mass is 418 g/mol. The Kier molecular flexibility index (Phi) is 4.63. The fourth-order valence-corrected chi connectivity index (χ4v) is 3.51. The first-order chi connectivity index (χ1) is 9.73. The van der Waals surface area contributed by atoms with Gasteiger partial charge in [0.25, 0.3) is 0 Å². The van der Waals surface area contributed by atoms with E-state index in [4.69, 9.17) is 10.00 Å². The van der Waals surface area contributed by atoms with E-state index in [0.717, 1.165) is 6.42 Å². The van der Waals surface area contributed by atoms with Gasteiger partial charge in [0.2, 0.25) is 0 Å². The maximum atomic E-state index is 12.1. The van der Waals surface area contributed by atoms with Gasteiger partial charge in [-0.3, -0.25) is 4.68 Å². The molecular weight excluding hydrogens is 404 g/mol. The molecule has 1 aliphatic heterocycles. The van der Waals surface area contributed by atoms with Gasteiger partial charge in [0.05, 0.1) is 6.04 Å². The van der Waals surface area contributed by atoms with Crippen LogP contribution in [0.3, 0.4) is 0 Å². The number of halogens is 2. The molecule has 0 N–H and O–H groups in total. The highest BCUT2D eigenvalue weighted by atomic mass is 79.9. The van der Waals surface area contributed by atoms with E-state index in [2.05, 4.69) is 43.0 Å². The highest BCUT2D eigenvalue weighted by molar-refractivity contribution is 9.11. The minimum absolute atomic E-state index is 0.0327. The average Bonchev–Trinajstić information content (AvgIpc) is 2.92. The summed E-state index contributed by atoms with van der Waals surface area (Å²) in [6, 6.07) is 2.12. The Morgan fingerprint density at radius 1 is 1.48 bits per heavy atom. The van der Waals surface area contributed by atoms with Gasteiger partial charge in [-0.15, -0.1) is 0 Å². The number of carbonyl (C=O) groups is 1. The lowest BCUT2D eigenvalue weighted by Gasteiger charge is -2.24. The van der Waals surface area contributed by atoms with Crippen molar-refractivity contribution in [3.8, 4) is 6.07 Å². The second kappa shape index (κ2) is 5.97. The Hall–Kier alpha value is -1.07. The minimum atomic E-state index is -0.502. The van der Waals surface area contributed by atoms with Crippen molar-refractivity contribution < 1.29 is 9.53 Å². The van der Waals surface area contributed by atoms with Gasteiger partial charge in [-0.2, -0.15) is 10.4 Å². The van der Waals surface area contributed by atoms with Crippen LogP contribution in [-0.4, -0.2) is 39.5 Å². The lowest BCUT2D eigenvalue weighted by atomic mass is 10.2. The van der Waals surface area contributed by atoms with Gasteiger partial charge in [0.15, 0.2) is 0 Å². The summed E-state index contributed by atoms with van der Waals surface area (Å²) >= 11 is 6.66. The Morgan fingerprint density at radius 2 is 2.14 bits per heavy atom. The van der Waals surface area contributed by atoms with Crippen LogP contribution in [0.5, 0.6) is 0 Å². The number of hydrogen-bond donors (Lipinski definition) is 0. The zero-order chi connectivity index (χ0) is 15.8. The summed E-state index contributed by atoms with van der Waals surface area (Å²) in [6.07, 6.45) is 0.462. The number of aromatic nitrogens is 2. The first kappa shape index (κ1) is 16.3. The van der Waals surface area contributed by atoms with Crippen LogP contribution in [0.1, 0.15) is 38.8 Å². The number of hydrogen-bond acceptors (Lipinski definition) is 4. The molecular formula is C13H16Br2N4O2.